The van der Waals surface area contributed by atoms with E-state index in [2.05, 4.69) is 5.32 Å². The van der Waals surface area contributed by atoms with Crippen LogP contribution in [0.15, 0.2) is 64.8 Å². The third-order valence-corrected chi connectivity index (χ3v) is 7.00. The van der Waals surface area contributed by atoms with Gasteiger partial charge in [0.1, 0.15) is 28.6 Å². The number of hydrogen-bond donors (Lipinski definition) is 2. The van der Waals surface area contributed by atoms with Crippen molar-refractivity contribution < 1.29 is 36.6 Å². The van der Waals surface area contributed by atoms with Crippen LogP contribution in [0.25, 0.3) is 22.3 Å². The SMILES string of the molecule is CNC(=O)c1c(-c2ccc(OC3=CC=CCC3F)cc2)oc2cc(N(CCO)S(C)(=O)=O)c(OC)cc12. The topological polar surface area (TPSA) is 118 Å². The summed E-state index contributed by atoms with van der Waals surface area (Å²) in [5, 5.41) is 12.4. The second-order valence-corrected chi connectivity index (χ2v) is 10.2. The molecule has 1 amide bonds. The van der Waals surface area contributed by atoms with Crippen molar-refractivity contribution in [1.82, 2.24) is 5.32 Å². The number of nitrogens with one attached hydrogen (secondary N) is 1. The highest BCUT2D eigenvalue weighted by Gasteiger charge is 2.27. The summed E-state index contributed by atoms with van der Waals surface area (Å²) in [4.78, 5) is 12.9. The second kappa shape index (κ2) is 10.7. The highest BCUT2D eigenvalue weighted by Crippen LogP contribution is 2.41. The summed E-state index contributed by atoms with van der Waals surface area (Å²) in [6.45, 7) is -0.601. The number of nitrogens with zero attached hydrogens (tertiary/aromatic N) is 1. The van der Waals surface area contributed by atoms with Gasteiger partial charge in [0, 0.05) is 30.5 Å². The molecule has 0 spiro atoms. The van der Waals surface area contributed by atoms with Crippen LogP contribution < -0.4 is 19.1 Å². The maximum atomic E-state index is 14.1. The van der Waals surface area contributed by atoms with Crippen molar-refractivity contribution in [3.8, 4) is 22.8 Å². The van der Waals surface area contributed by atoms with E-state index in [4.69, 9.17) is 13.9 Å². The Labute approximate surface area is 213 Å². The molecule has 0 saturated carbocycles. The largest absolute Gasteiger partial charge is 0.495 e. The van der Waals surface area contributed by atoms with E-state index in [1.54, 1.807) is 42.5 Å². The van der Waals surface area contributed by atoms with E-state index >= 15 is 0 Å². The maximum absolute atomic E-state index is 14.1. The third-order valence-electron chi connectivity index (χ3n) is 5.82. The number of rotatable bonds is 9. The van der Waals surface area contributed by atoms with Gasteiger partial charge in [0.2, 0.25) is 10.0 Å². The number of aliphatic hydroxyl groups excluding tert-OH is 1. The lowest BCUT2D eigenvalue weighted by atomic mass is 10.0. The van der Waals surface area contributed by atoms with Gasteiger partial charge in [-0.2, -0.15) is 0 Å². The van der Waals surface area contributed by atoms with Crippen LogP contribution in [-0.4, -0.2) is 59.2 Å². The number of alkyl halides is 1. The third kappa shape index (κ3) is 5.32. The van der Waals surface area contributed by atoms with Crippen molar-refractivity contribution in [2.45, 2.75) is 12.6 Å². The molecule has 1 aliphatic carbocycles. The molecular formula is C26H27FN2O7S. The number of anilines is 1. The number of fused-ring (bicyclic) bond motifs is 1. The first-order chi connectivity index (χ1) is 17.7. The molecular weight excluding hydrogens is 503 g/mol. The Morgan fingerprint density at radius 1 is 1.27 bits per heavy atom. The van der Waals surface area contributed by atoms with Crippen LogP contribution >= 0.6 is 0 Å². The average Bonchev–Trinajstić information content (AvgIpc) is 3.25. The average molecular weight is 531 g/mol. The predicted molar refractivity (Wildman–Crippen MR) is 138 cm³/mol. The van der Waals surface area contributed by atoms with Crippen molar-refractivity contribution in [3.05, 3.63) is 65.9 Å². The van der Waals surface area contributed by atoms with E-state index in [0.717, 1.165) is 10.6 Å². The van der Waals surface area contributed by atoms with E-state index in [9.17, 15) is 22.7 Å². The molecule has 0 radical (unpaired) electrons. The van der Waals surface area contributed by atoms with Crippen LogP contribution in [0.1, 0.15) is 16.8 Å². The highest BCUT2D eigenvalue weighted by atomic mass is 32.2. The number of sulfonamides is 1. The van der Waals surface area contributed by atoms with Crippen LogP contribution in [0, 0.1) is 0 Å². The standard InChI is InChI=1S/C26H27FN2O7S/c1-28-26(31)24-18-14-23(34-2)20(29(12-13-30)37(3,32)33)15-22(18)36-25(24)16-8-10-17(11-9-16)35-21-7-5-4-6-19(21)27/h4-5,7-11,14-15,19,30H,6,12-13H2,1-3H3,(H,28,31). The minimum atomic E-state index is -3.76. The maximum Gasteiger partial charge on any atom is 0.255 e. The van der Waals surface area contributed by atoms with Gasteiger partial charge in [-0.05, 0) is 36.4 Å². The Balaban J connectivity index is 1.81. The zero-order chi connectivity index (χ0) is 26.7. The molecule has 9 nitrogen and oxygen atoms in total. The summed E-state index contributed by atoms with van der Waals surface area (Å²) in [5.74, 6) is 0.642. The van der Waals surface area contributed by atoms with Gasteiger partial charge in [-0.3, -0.25) is 9.10 Å². The predicted octanol–water partition coefficient (Wildman–Crippen LogP) is 3.79. The Hall–Kier alpha value is -3.83. The molecule has 37 heavy (non-hydrogen) atoms. The summed E-state index contributed by atoms with van der Waals surface area (Å²) >= 11 is 0. The van der Waals surface area contributed by atoms with E-state index in [-0.39, 0.29) is 47.1 Å². The van der Waals surface area contributed by atoms with Gasteiger partial charge in [-0.25, -0.2) is 12.8 Å². The highest BCUT2D eigenvalue weighted by molar-refractivity contribution is 7.92. The number of benzene rings is 2. The Morgan fingerprint density at radius 2 is 2.00 bits per heavy atom. The minimum absolute atomic E-state index is 0.162. The van der Waals surface area contributed by atoms with Crippen molar-refractivity contribution in [2.24, 2.45) is 0 Å². The van der Waals surface area contributed by atoms with E-state index in [1.165, 1.54) is 26.3 Å². The first kappa shape index (κ1) is 26.2. The number of allylic oxidation sites excluding steroid dienone is 4. The molecule has 1 heterocycles. The number of ether oxygens (including phenoxy) is 2. The van der Waals surface area contributed by atoms with Gasteiger partial charge in [0.25, 0.3) is 5.91 Å². The molecule has 0 aliphatic heterocycles. The molecule has 1 aliphatic rings. The van der Waals surface area contributed by atoms with Gasteiger partial charge < -0.3 is 24.3 Å². The smallest absolute Gasteiger partial charge is 0.255 e. The van der Waals surface area contributed by atoms with Crippen molar-refractivity contribution in [2.75, 3.05) is 37.9 Å². The van der Waals surface area contributed by atoms with Crippen LogP contribution in [0.5, 0.6) is 11.5 Å². The first-order valence-electron chi connectivity index (χ1n) is 11.4. The number of halogens is 1. The minimum Gasteiger partial charge on any atom is -0.495 e. The number of carbonyl (C=O) groups excluding carboxylic acids is 1. The molecule has 2 N–H and O–H groups in total. The van der Waals surface area contributed by atoms with Gasteiger partial charge in [-0.15, -0.1) is 0 Å². The number of aliphatic hydroxyl groups is 1. The van der Waals surface area contributed by atoms with Crippen molar-refractivity contribution in [3.63, 3.8) is 0 Å². The van der Waals surface area contributed by atoms with Gasteiger partial charge in [0.15, 0.2) is 6.17 Å². The fraction of sp³-hybridized carbons (Fsp3) is 0.269. The first-order valence-corrected chi connectivity index (χ1v) is 13.3. The Morgan fingerprint density at radius 3 is 2.59 bits per heavy atom. The van der Waals surface area contributed by atoms with Crippen molar-refractivity contribution in [1.29, 1.82) is 0 Å². The molecule has 0 fully saturated rings. The number of amides is 1. The zero-order valence-corrected chi connectivity index (χ0v) is 21.3. The van der Waals surface area contributed by atoms with E-state index in [1.807, 2.05) is 0 Å². The summed E-state index contributed by atoms with van der Waals surface area (Å²) in [6.07, 6.45) is 5.08. The molecule has 0 saturated heterocycles. The Kier molecular flexibility index (Phi) is 7.55. The lowest BCUT2D eigenvalue weighted by molar-refractivity contribution is 0.0964. The lowest BCUT2D eigenvalue weighted by Gasteiger charge is -2.23. The molecule has 11 heteroatoms. The van der Waals surface area contributed by atoms with E-state index < -0.39 is 28.7 Å². The molecule has 1 unspecified atom stereocenters. The lowest BCUT2D eigenvalue weighted by Crippen LogP contribution is -2.32. The molecule has 3 aromatic rings. The number of furan rings is 1. The summed E-state index contributed by atoms with van der Waals surface area (Å²) in [5.41, 5.74) is 1.19. The molecule has 1 atom stereocenters. The molecule has 4 rings (SSSR count). The van der Waals surface area contributed by atoms with Gasteiger partial charge in [0.05, 0.1) is 37.8 Å². The van der Waals surface area contributed by atoms with Gasteiger partial charge >= 0.3 is 0 Å². The van der Waals surface area contributed by atoms with E-state index in [0.29, 0.717) is 16.7 Å². The molecule has 1 aromatic heterocycles. The summed E-state index contributed by atoms with van der Waals surface area (Å²) in [7, 11) is -0.892. The quantitative estimate of drug-likeness (QED) is 0.432. The zero-order valence-electron chi connectivity index (χ0n) is 20.5. The Bertz CT molecular complexity index is 1480. The number of carbonyl (C=O) groups is 1. The fourth-order valence-electron chi connectivity index (χ4n) is 4.07. The number of hydrogen-bond acceptors (Lipinski definition) is 7. The summed E-state index contributed by atoms with van der Waals surface area (Å²) in [6, 6.07) is 9.63. The van der Waals surface area contributed by atoms with Crippen molar-refractivity contribution >= 4 is 32.6 Å². The normalized spacial score (nSPS) is 15.4. The number of methoxy groups -OCH3 is 1. The molecule has 2 aromatic carbocycles. The van der Waals surface area contributed by atoms with Crippen LogP contribution in [-0.2, 0) is 10.0 Å². The van der Waals surface area contributed by atoms with Crippen LogP contribution in [0.2, 0.25) is 0 Å². The monoisotopic (exact) mass is 530 g/mol. The molecule has 0 bridgehead atoms. The second-order valence-electron chi connectivity index (χ2n) is 8.29. The van der Waals surface area contributed by atoms with Crippen LogP contribution in [0.4, 0.5) is 10.1 Å². The van der Waals surface area contributed by atoms with Gasteiger partial charge in [-0.1, -0.05) is 12.2 Å². The fourth-order valence-corrected chi connectivity index (χ4v) is 4.98. The molecule has 196 valence electrons. The van der Waals surface area contributed by atoms with Crippen LogP contribution in [0.3, 0.4) is 0 Å². The summed E-state index contributed by atoms with van der Waals surface area (Å²) < 4.78 is 57.1.